The highest BCUT2D eigenvalue weighted by molar-refractivity contribution is 7.12. The monoisotopic (exact) mass is 463 g/mol. The molecule has 5 rings (SSSR count). The van der Waals surface area contributed by atoms with E-state index in [0.717, 1.165) is 29.0 Å². The number of nitrogens with one attached hydrogen (secondary N) is 1. The minimum absolute atomic E-state index is 0.127. The summed E-state index contributed by atoms with van der Waals surface area (Å²) in [4.78, 5) is 13.4. The predicted molar refractivity (Wildman–Crippen MR) is 128 cm³/mol. The van der Waals surface area contributed by atoms with Crippen molar-refractivity contribution in [1.82, 2.24) is 9.78 Å². The molecular formula is C25H22ClN3O2S. The summed E-state index contributed by atoms with van der Waals surface area (Å²) < 4.78 is 7.72. The van der Waals surface area contributed by atoms with Crippen LogP contribution in [-0.2, 0) is 26.0 Å². The van der Waals surface area contributed by atoms with E-state index in [1.54, 1.807) is 17.1 Å². The molecule has 0 saturated heterocycles. The molecule has 0 spiro atoms. The van der Waals surface area contributed by atoms with Gasteiger partial charge in [0.1, 0.15) is 12.4 Å². The highest BCUT2D eigenvalue weighted by Crippen LogP contribution is 2.27. The highest BCUT2D eigenvalue weighted by atomic mass is 35.5. The summed E-state index contributed by atoms with van der Waals surface area (Å²) in [7, 11) is 0. The van der Waals surface area contributed by atoms with Gasteiger partial charge in [0, 0.05) is 17.4 Å². The highest BCUT2D eigenvalue weighted by Gasteiger charge is 2.13. The van der Waals surface area contributed by atoms with Gasteiger partial charge in [-0.1, -0.05) is 29.8 Å². The lowest BCUT2D eigenvalue weighted by Crippen LogP contribution is -2.10. The number of fused-ring (bicyclic) bond motifs is 1. The van der Waals surface area contributed by atoms with E-state index in [-0.39, 0.29) is 5.91 Å². The van der Waals surface area contributed by atoms with Crippen LogP contribution in [0.25, 0.3) is 0 Å². The lowest BCUT2D eigenvalue weighted by atomic mass is 10.1. The van der Waals surface area contributed by atoms with Crippen molar-refractivity contribution < 1.29 is 9.53 Å². The topological polar surface area (TPSA) is 56.2 Å². The maximum atomic E-state index is 12.7. The summed E-state index contributed by atoms with van der Waals surface area (Å²) in [6, 6.07) is 16.0. The number of nitrogens with zero attached hydrogens (tertiary/aromatic N) is 2. The molecule has 2 aromatic heterocycles. The van der Waals surface area contributed by atoms with Crippen LogP contribution in [0, 0.1) is 0 Å². The zero-order valence-electron chi connectivity index (χ0n) is 17.4. The second-order valence-electron chi connectivity index (χ2n) is 7.90. The summed E-state index contributed by atoms with van der Waals surface area (Å²) in [6.45, 7) is 1.03. The summed E-state index contributed by atoms with van der Waals surface area (Å²) in [5, 5.41) is 9.75. The average Bonchev–Trinajstić information content (AvgIpc) is 3.53. The lowest BCUT2D eigenvalue weighted by Gasteiger charge is -2.07. The number of thiophene rings is 1. The first kappa shape index (κ1) is 20.8. The van der Waals surface area contributed by atoms with Crippen molar-refractivity contribution in [2.24, 2.45) is 0 Å². The molecule has 0 unspecified atom stereocenters. The van der Waals surface area contributed by atoms with Gasteiger partial charge in [-0.15, -0.1) is 11.3 Å². The van der Waals surface area contributed by atoms with Crippen LogP contribution < -0.4 is 10.1 Å². The molecule has 2 heterocycles. The summed E-state index contributed by atoms with van der Waals surface area (Å²) in [5.74, 6) is 0.760. The van der Waals surface area contributed by atoms with Crippen molar-refractivity contribution in [2.75, 3.05) is 5.32 Å². The van der Waals surface area contributed by atoms with Gasteiger partial charge in [0.25, 0.3) is 5.91 Å². The Hall–Kier alpha value is -3.09. The minimum atomic E-state index is -0.127. The summed E-state index contributed by atoms with van der Waals surface area (Å²) >= 11 is 7.35. The number of carbonyl (C=O) groups excluding carboxylic acids is 1. The number of ether oxygens (including phenoxy) is 1. The SMILES string of the molecule is O=C(Nc1cccc(Cn2cc(Cl)cn2)c1)c1cc(COc2ccc3c(c2)CCC3)cs1. The van der Waals surface area contributed by atoms with Crippen molar-refractivity contribution in [3.8, 4) is 5.75 Å². The standard InChI is InChI=1S/C25H22ClN3O2S/c26-21-12-27-29(14-21)13-17-3-1-6-22(9-17)28-25(30)24-10-18(16-32-24)15-31-23-8-7-19-4-2-5-20(19)11-23/h1,3,6-12,14,16H,2,4-5,13,15H2,(H,28,30). The van der Waals surface area contributed by atoms with Crippen molar-refractivity contribution >= 4 is 34.5 Å². The van der Waals surface area contributed by atoms with Gasteiger partial charge in [0.15, 0.2) is 0 Å². The molecule has 0 aliphatic heterocycles. The van der Waals surface area contributed by atoms with Crippen LogP contribution in [0.5, 0.6) is 5.75 Å². The van der Waals surface area contributed by atoms with E-state index in [1.165, 1.54) is 35.3 Å². The van der Waals surface area contributed by atoms with Crippen LogP contribution in [0.3, 0.4) is 0 Å². The van der Waals surface area contributed by atoms with Crippen LogP contribution >= 0.6 is 22.9 Å². The first-order valence-electron chi connectivity index (χ1n) is 10.5. The number of rotatable bonds is 7. The van der Waals surface area contributed by atoms with Gasteiger partial charge in [-0.25, -0.2) is 0 Å². The van der Waals surface area contributed by atoms with Crippen molar-refractivity contribution in [2.45, 2.75) is 32.4 Å². The number of hydrogen-bond donors (Lipinski definition) is 1. The molecule has 0 saturated carbocycles. The number of anilines is 1. The first-order chi connectivity index (χ1) is 15.6. The van der Waals surface area contributed by atoms with E-state index in [4.69, 9.17) is 16.3 Å². The molecule has 0 radical (unpaired) electrons. The van der Waals surface area contributed by atoms with E-state index in [2.05, 4.69) is 22.5 Å². The van der Waals surface area contributed by atoms with Gasteiger partial charge in [-0.05, 0) is 71.7 Å². The third-order valence-corrected chi connectivity index (χ3v) is 6.66. The quantitative estimate of drug-likeness (QED) is 0.367. The number of carbonyl (C=O) groups is 1. The summed E-state index contributed by atoms with van der Waals surface area (Å²) in [6.07, 6.45) is 6.90. The van der Waals surface area contributed by atoms with Crippen LogP contribution in [0.1, 0.15) is 38.3 Å². The molecule has 7 heteroatoms. The molecule has 1 N–H and O–H groups in total. The van der Waals surface area contributed by atoms with Crippen molar-refractivity contribution in [1.29, 1.82) is 0 Å². The van der Waals surface area contributed by atoms with Crippen molar-refractivity contribution in [3.05, 3.63) is 98.5 Å². The second-order valence-corrected chi connectivity index (χ2v) is 9.25. The van der Waals surface area contributed by atoms with E-state index < -0.39 is 0 Å². The Morgan fingerprint density at radius 1 is 1.12 bits per heavy atom. The lowest BCUT2D eigenvalue weighted by molar-refractivity contribution is 0.103. The van der Waals surface area contributed by atoms with Gasteiger partial charge in [-0.3, -0.25) is 9.48 Å². The Bertz CT molecular complexity index is 1260. The largest absolute Gasteiger partial charge is 0.489 e. The molecule has 1 aliphatic rings. The molecule has 1 amide bonds. The number of amides is 1. The Morgan fingerprint density at radius 3 is 2.91 bits per heavy atom. The number of aryl methyl sites for hydroxylation is 2. The van der Waals surface area contributed by atoms with E-state index in [0.29, 0.717) is 23.1 Å². The number of aromatic nitrogens is 2. The third-order valence-electron chi connectivity index (χ3n) is 5.48. The summed E-state index contributed by atoms with van der Waals surface area (Å²) in [5.41, 5.74) is 5.59. The van der Waals surface area contributed by atoms with Gasteiger partial charge in [0.2, 0.25) is 0 Å². The fourth-order valence-electron chi connectivity index (χ4n) is 3.93. The molecular weight excluding hydrogens is 442 g/mol. The fourth-order valence-corrected chi connectivity index (χ4v) is 4.88. The Kier molecular flexibility index (Phi) is 5.97. The van der Waals surface area contributed by atoms with Crippen LogP contribution in [-0.4, -0.2) is 15.7 Å². The van der Waals surface area contributed by atoms with Crippen LogP contribution in [0.15, 0.2) is 66.3 Å². The van der Waals surface area contributed by atoms with E-state index in [9.17, 15) is 4.79 Å². The maximum Gasteiger partial charge on any atom is 0.265 e. The molecule has 32 heavy (non-hydrogen) atoms. The Morgan fingerprint density at radius 2 is 2.03 bits per heavy atom. The Balaban J connectivity index is 1.19. The molecule has 0 atom stereocenters. The first-order valence-corrected chi connectivity index (χ1v) is 11.8. The van der Waals surface area contributed by atoms with Crippen LogP contribution in [0.2, 0.25) is 5.02 Å². The molecule has 0 bridgehead atoms. The predicted octanol–water partition coefficient (Wildman–Crippen LogP) is 5.97. The maximum absolute atomic E-state index is 12.7. The normalized spacial score (nSPS) is 12.5. The number of hydrogen-bond acceptors (Lipinski definition) is 4. The van der Waals surface area contributed by atoms with Gasteiger partial charge < -0.3 is 10.1 Å². The molecule has 2 aromatic carbocycles. The third kappa shape index (κ3) is 4.87. The zero-order valence-corrected chi connectivity index (χ0v) is 19.0. The fraction of sp³-hybridized carbons (Fsp3) is 0.200. The van der Waals surface area contributed by atoms with Gasteiger partial charge in [-0.2, -0.15) is 5.10 Å². The Labute approximate surface area is 195 Å². The molecule has 4 aromatic rings. The average molecular weight is 464 g/mol. The molecule has 162 valence electrons. The molecule has 0 fully saturated rings. The molecule has 5 nitrogen and oxygen atoms in total. The van der Waals surface area contributed by atoms with E-state index in [1.807, 2.05) is 41.8 Å². The van der Waals surface area contributed by atoms with Crippen molar-refractivity contribution in [3.63, 3.8) is 0 Å². The van der Waals surface area contributed by atoms with Gasteiger partial charge >= 0.3 is 0 Å². The van der Waals surface area contributed by atoms with Gasteiger partial charge in [0.05, 0.1) is 22.6 Å². The van der Waals surface area contributed by atoms with E-state index >= 15 is 0 Å². The number of benzene rings is 2. The smallest absolute Gasteiger partial charge is 0.265 e. The zero-order chi connectivity index (χ0) is 21.9. The minimum Gasteiger partial charge on any atom is -0.489 e. The van der Waals surface area contributed by atoms with Crippen LogP contribution in [0.4, 0.5) is 5.69 Å². The number of halogens is 1. The second kappa shape index (κ2) is 9.18. The molecule has 1 aliphatic carbocycles.